The van der Waals surface area contributed by atoms with Crippen LogP contribution in [0, 0.1) is 0 Å². The first-order valence-corrected chi connectivity index (χ1v) is 7.39. The topological polar surface area (TPSA) is 55.1 Å². The van der Waals surface area contributed by atoms with Crippen molar-refractivity contribution in [3.8, 4) is 0 Å². The van der Waals surface area contributed by atoms with E-state index in [-0.39, 0.29) is 11.2 Å². The van der Waals surface area contributed by atoms with Crippen LogP contribution in [0.1, 0.15) is 6.92 Å². The lowest BCUT2D eigenvalue weighted by Crippen LogP contribution is -2.22. The number of nitrogens with one attached hydrogen (secondary N) is 1. The third kappa shape index (κ3) is 3.92. The summed E-state index contributed by atoms with van der Waals surface area (Å²) in [5.74, 6) is -0.0834. The van der Waals surface area contributed by atoms with Gasteiger partial charge < -0.3 is 11.1 Å². The molecule has 1 amide bonds. The number of carbonyl (C=O) groups is 1. The Morgan fingerprint density at radius 2 is 1.85 bits per heavy atom. The molecule has 0 radical (unpaired) electrons. The molecule has 0 aliphatic carbocycles. The minimum absolute atomic E-state index is 0.0834. The maximum absolute atomic E-state index is 12.1. The number of nitrogens with two attached hydrogens (primary N) is 1. The molecule has 1 atom stereocenters. The largest absolute Gasteiger partial charge is 0.399 e. The van der Waals surface area contributed by atoms with Crippen molar-refractivity contribution in [2.45, 2.75) is 17.1 Å². The second-order valence-electron chi connectivity index (χ2n) is 4.30. The van der Waals surface area contributed by atoms with Gasteiger partial charge in [-0.1, -0.05) is 23.7 Å². The van der Waals surface area contributed by atoms with Crippen LogP contribution >= 0.6 is 23.4 Å². The number of carbonyl (C=O) groups excluding carboxylic acids is 1. The summed E-state index contributed by atoms with van der Waals surface area (Å²) < 4.78 is 0. The molecule has 0 aromatic heterocycles. The summed E-state index contributed by atoms with van der Waals surface area (Å²) in [5.41, 5.74) is 6.97. The first-order chi connectivity index (χ1) is 9.56. The number of para-hydroxylation sites is 1. The molecule has 0 aliphatic rings. The Balaban J connectivity index is 1.99. The quantitative estimate of drug-likeness (QED) is 0.662. The minimum atomic E-state index is -0.227. The summed E-state index contributed by atoms with van der Waals surface area (Å²) in [7, 11) is 0. The van der Waals surface area contributed by atoms with E-state index in [1.807, 2.05) is 43.3 Å². The molecule has 5 heteroatoms. The molecule has 3 nitrogen and oxygen atoms in total. The van der Waals surface area contributed by atoms with Gasteiger partial charge in [-0.05, 0) is 43.3 Å². The number of hydrogen-bond donors (Lipinski definition) is 2. The molecule has 2 aromatic rings. The maximum atomic E-state index is 12.1. The van der Waals surface area contributed by atoms with Crippen molar-refractivity contribution in [2.75, 3.05) is 11.1 Å². The Morgan fingerprint density at radius 3 is 2.50 bits per heavy atom. The third-order valence-electron chi connectivity index (χ3n) is 2.69. The highest BCUT2D eigenvalue weighted by Crippen LogP contribution is 2.26. The van der Waals surface area contributed by atoms with Gasteiger partial charge in [0, 0.05) is 10.6 Å². The van der Waals surface area contributed by atoms with Crippen LogP contribution in [-0.4, -0.2) is 11.2 Å². The van der Waals surface area contributed by atoms with Gasteiger partial charge in [0.1, 0.15) is 0 Å². The van der Waals surface area contributed by atoms with Crippen molar-refractivity contribution >= 4 is 40.6 Å². The van der Waals surface area contributed by atoms with E-state index in [2.05, 4.69) is 5.32 Å². The number of halogens is 1. The molecule has 0 spiro atoms. The molecule has 0 fully saturated rings. The van der Waals surface area contributed by atoms with Crippen LogP contribution in [0.25, 0.3) is 0 Å². The molecule has 2 rings (SSSR count). The Labute approximate surface area is 127 Å². The van der Waals surface area contributed by atoms with E-state index in [4.69, 9.17) is 17.3 Å². The lowest BCUT2D eigenvalue weighted by Gasteiger charge is -2.13. The Hall–Kier alpha value is -1.65. The zero-order chi connectivity index (χ0) is 14.5. The Morgan fingerprint density at radius 1 is 1.20 bits per heavy atom. The van der Waals surface area contributed by atoms with E-state index in [1.54, 1.807) is 12.1 Å². The number of thioether (sulfide) groups is 1. The Bertz CT molecular complexity index is 601. The van der Waals surface area contributed by atoms with Crippen molar-refractivity contribution in [3.63, 3.8) is 0 Å². The minimum Gasteiger partial charge on any atom is -0.399 e. The van der Waals surface area contributed by atoms with E-state index < -0.39 is 0 Å². The first kappa shape index (κ1) is 14.8. The first-order valence-electron chi connectivity index (χ1n) is 6.14. The highest BCUT2D eigenvalue weighted by Gasteiger charge is 2.15. The zero-order valence-corrected chi connectivity index (χ0v) is 12.5. The van der Waals surface area contributed by atoms with Crippen LogP contribution in [-0.2, 0) is 4.79 Å². The van der Waals surface area contributed by atoms with E-state index in [1.165, 1.54) is 11.8 Å². The average Bonchev–Trinajstić information content (AvgIpc) is 2.44. The van der Waals surface area contributed by atoms with Gasteiger partial charge in [-0.3, -0.25) is 4.79 Å². The second kappa shape index (κ2) is 6.68. The predicted octanol–water partition coefficient (Wildman–Crippen LogP) is 4.04. The third-order valence-corrected chi connectivity index (χ3v) is 4.14. The summed E-state index contributed by atoms with van der Waals surface area (Å²) in [4.78, 5) is 13.1. The van der Waals surface area contributed by atoms with Gasteiger partial charge in [0.2, 0.25) is 5.91 Å². The number of amides is 1. The van der Waals surface area contributed by atoms with Crippen molar-refractivity contribution in [1.82, 2.24) is 0 Å². The fourth-order valence-electron chi connectivity index (χ4n) is 1.60. The van der Waals surface area contributed by atoms with Crippen molar-refractivity contribution < 1.29 is 4.79 Å². The van der Waals surface area contributed by atoms with Crippen LogP contribution in [0.2, 0.25) is 5.02 Å². The second-order valence-corrected chi connectivity index (χ2v) is 6.12. The molecule has 0 aliphatic heterocycles. The normalized spacial score (nSPS) is 11.9. The van der Waals surface area contributed by atoms with Gasteiger partial charge in [-0.15, -0.1) is 11.8 Å². The molecule has 1 unspecified atom stereocenters. The molecule has 0 saturated heterocycles. The maximum Gasteiger partial charge on any atom is 0.237 e. The molecular formula is C15H15ClN2OS. The van der Waals surface area contributed by atoms with Crippen LogP contribution in [0.5, 0.6) is 0 Å². The van der Waals surface area contributed by atoms with Crippen molar-refractivity contribution in [3.05, 3.63) is 53.6 Å². The van der Waals surface area contributed by atoms with E-state index in [9.17, 15) is 4.79 Å². The molecule has 104 valence electrons. The van der Waals surface area contributed by atoms with Gasteiger partial charge in [-0.25, -0.2) is 0 Å². The number of nitrogen functional groups attached to an aromatic ring is 1. The van der Waals surface area contributed by atoms with Crippen LogP contribution in [0.4, 0.5) is 11.4 Å². The summed E-state index contributed by atoms with van der Waals surface area (Å²) >= 11 is 7.49. The molecule has 0 heterocycles. The van der Waals surface area contributed by atoms with Gasteiger partial charge in [-0.2, -0.15) is 0 Å². The molecule has 20 heavy (non-hydrogen) atoms. The lowest BCUT2D eigenvalue weighted by atomic mass is 10.3. The predicted molar refractivity (Wildman–Crippen MR) is 86.3 cm³/mol. The molecule has 3 N–H and O–H groups in total. The summed E-state index contributed by atoms with van der Waals surface area (Å²) in [6.07, 6.45) is 0. The van der Waals surface area contributed by atoms with Gasteiger partial charge in [0.15, 0.2) is 0 Å². The van der Waals surface area contributed by atoms with E-state index in [0.717, 1.165) is 4.90 Å². The summed E-state index contributed by atoms with van der Waals surface area (Å²) in [6.45, 7) is 1.85. The highest BCUT2D eigenvalue weighted by atomic mass is 35.5. The van der Waals surface area contributed by atoms with Gasteiger partial charge in [0.05, 0.1) is 16.0 Å². The fourth-order valence-corrected chi connectivity index (χ4v) is 2.65. The lowest BCUT2D eigenvalue weighted by molar-refractivity contribution is -0.115. The monoisotopic (exact) mass is 306 g/mol. The highest BCUT2D eigenvalue weighted by molar-refractivity contribution is 8.00. The number of benzene rings is 2. The number of anilines is 2. The molecule has 0 saturated carbocycles. The smallest absolute Gasteiger partial charge is 0.237 e. The van der Waals surface area contributed by atoms with Crippen LogP contribution in [0.15, 0.2) is 53.4 Å². The van der Waals surface area contributed by atoms with Crippen molar-refractivity contribution in [2.24, 2.45) is 0 Å². The van der Waals surface area contributed by atoms with Crippen molar-refractivity contribution in [1.29, 1.82) is 0 Å². The van der Waals surface area contributed by atoms with E-state index in [0.29, 0.717) is 16.4 Å². The SMILES string of the molecule is CC(Sc1ccc(N)cc1)C(=O)Nc1ccccc1Cl. The number of rotatable bonds is 4. The Kier molecular flexibility index (Phi) is 4.93. The molecule has 2 aromatic carbocycles. The van der Waals surface area contributed by atoms with Gasteiger partial charge in [0.25, 0.3) is 0 Å². The summed E-state index contributed by atoms with van der Waals surface area (Å²) in [5, 5.41) is 3.13. The zero-order valence-electron chi connectivity index (χ0n) is 11.0. The molecule has 0 bridgehead atoms. The van der Waals surface area contributed by atoms with Crippen LogP contribution < -0.4 is 11.1 Å². The standard InChI is InChI=1S/C15H15ClN2OS/c1-10(20-12-8-6-11(17)7-9-12)15(19)18-14-5-3-2-4-13(14)16/h2-10H,17H2,1H3,(H,18,19). The average molecular weight is 307 g/mol. The number of hydrogen-bond acceptors (Lipinski definition) is 3. The van der Waals surface area contributed by atoms with Gasteiger partial charge >= 0.3 is 0 Å². The fraction of sp³-hybridized carbons (Fsp3) is 0.133. The van der Waals surface area contributed by atoms with E-state index >= 15 is 0 Å². The summed E-state index contributed by atoms with van der Waals surface area (Å²) in [6, 6.07) is 14.6. The van der Waals surface area contributed by atoms with Crippen LogP contribution in [0.3, 0.4) is 0 Å². The molecular weight excluding hydrogens is 292 g/mol.